The maximum atomic E-state index is 13.7. The lowest BCUT2D eigenvalue weighted by Gasteiger charge is -2.41. The number of anilines is 1. The van der Waals surface area contributed by atoms with Gasteiger partial charge in [0.25, 0.3) is 0 Å². The van der Waals surface area contributed by atoms with Gasteiger partial charge in [-0.1, -0.05) is 65.0 Å². The predicted octanol–water partition coefficient (Wildman–Crippen LogP) is 6.83. The maximum absolute atomic E-state index is 13.7. The summed E-state index contributed by atoms with van der Waals surface area (Å²) < 4.78 is 0. The van der Waals surface area contributed by atoms with Gasteiger partial charge in [-0.25, -0.2) is 4.79 Å². The molecule has 3 rings (SSSR count). The molecular weight excluding hydrogens is 374 g/mol. The quantitative estimate of drug-likeness (QED) is 0.382. The number of benzene rings is 1. The van der Waals surface area contributed by atoms with Crippen LogP contribution in [0.25, 0.3) is 0 Å². The van der Waals surface area contributed by atoms with Gasteiger partial charge in [-0.3, -0.25) is 4.79 Å². The molecule has 0 fully saturated rings. The highest BCUT2D eigenvalue weighted by Gasteiger charge is 2.52. The smallest absolute Gasteiger partial charge is 0.335 e. The van der Waals surface area contributed by atoms with Crippen LogP contribution < -0.4 is 5.32 Å². The highest BCUT2D eigenvalue weighted by Crippen LogP contribution is 2.61. The van der Waals surface area contributed by atoms with E-state index >= 15 is 0 Å². The van der Waals surface area contributed by atoms with Gasteiger partial charge in [0.15, 0.2) is 0 Å². The standard InChI is InChI=1S/C26H37NO3/c1-6-7-8-13-26(23(30)27-19-11-9-18(10-12-19)22(28)29)16-20-21(17-26)25(4,5)15-14-24(20,2)3/h9-12H,6-8,13-17H2,1-5H3,(H,27,30)(H,28,29). The predicted molar refractivity (Wildman–Crippen MR) is 122 cm³/mol. The molecule has 4 heteroatoms. The van der Waals surface area contributed by atoms with Gasteiger partial charge < -0.3 is 10.4 Å². The fraction of sp³-hybridized carbons (Fsp3) is 0.615. The molecule has 1 aromatic carbocycles. The van der Waals surface area contributed by atoms with Crippen molar-refractivity contribution in [3.63, 3.8) is 0 Å². The number of hydrogen-bond donors (Lipinski definition) is 2. The molecule has 164 valence electrons. The molecule has 0 spiro atoms. The van der Waals surface area contributed by atoms with Crippen molar-refractivity contribution in [2.24, 2.45) is 16.2 Å². The van der Waals surface area contributed by atoms with Gasteiger partial charge in [-0.15, -0.1) is 0 Å². The van der Waals surface area contributed by atoms with Crippen molar-refractivity contribution in [1.29, 1.82) is 0 Å². The maximum Gasteiger partial charge on any atom is 0.335 e. The van der Waals surface area contributed by atoms with Crippen molar-refractivity contribution in [1.82, 2.24) is 0 Å². The Bertz CT molecular complexity index is 818. The Morgan fingerprint density at radius 1 is 0.933 bits per heavy atom. The summed E-state index contributed by atoms with van der Waals surface area (Å²) in [5, 5.41) is 12.2. The number of carbonyl (C=O) groups is 2. The van der Waals surface area contributed by atoms with Crippen LogP contribution in [0.1, 0.15) is 96.3 Å². The van der Waals surface area contributed by atoms with Gasteiger partial charge >= 0.3 is 5.97 Å². The molecule has 2 N–H and O–H groups in total. The Balaban J connectivity index is 1.88. The zero-order valence-corrected chi connectivity index (χ0v) is 19.2. The van der Waals surface area contributed by atoms with Gasteiger partial charge in [-0.2, -0.15) is 0 Å². The van der Waals surface area contributed by atoms with Crippen LogP contribution in [0.15, 0.2) is 35.4 Å². The minimum atomic E-state index is -0.957. The highest BCUT2D eigenvalue weighted by molar-refractivity contribution is 5.97. The third-order valence-electron chi connectivity index (χ3n) is 7.53. The Morgan fingerprint density at radius 2 is 1.47 bits per heavy atom. The fourth-order valence-corrected chi connectivity index (χ4v) is 5.30. The lowest BCUT2D eigenvalue weighted by Crippen LogP contribution is -2.35. The van der Waals surface area contributed by atoms with E-state index in [2.05, 4.69) is 39.9 Å². The number of carboxylic acid groups (broad SMARTS) is 1. The highest BCUT2D eigenvalue weighted by atomic mass is 16.4. The van der Waals surface area contributed by atoms with Gasteiger partial charge in [0, 0.05) is 5.69 Å². The summed E-state index contributed by atoms with van der Waals surface area (Å²) in [5.74, 6) is -0.872. The molecule has 1 amide bonds. The molecule has 1 aromatic rings. The van der Waals surface area contributed by atoms with Crippen LogP contribution in [0, 0.1) is 16.2 Å². The van der Waals surface area contributed by atoms with Gasteiger partial charge in [-0.05, 0) is 67.2 Å². The second-order valence-corrected chi connectivity index (χ2v) is 10.7. The molecule has 30 heavy (non-hydrogen) atoms. The zero-order valence-electron chi connectivity index (χ0n) is 19.2. The van der Waals surface area contributed by atoms with E-state index in [9.17, 15) is 9.59 Å². The number of aromatic carboxylic acids is 1. The summed E-state index contributed by atoms with van der Waals surface area (Å²) in [5.41, 5.74) is 3.82. The Hall–Kier alpha value is -2.10. The molecule has 0 radical (unpaired) electrons. The van der Waals surface area contributed by atoms with Crippen molar-refractivity contribution < 1.29 is 14.7 Å². The van der Waals surface area contributed by atoms with E-state index in [0.29, 0.717) is 5.69 Å². The minimum absolute atomic E-state index is 0.0858. The first-order valence-corrected chi connectivity index (χ1v) is 11.4. The largest absolute Gasteiger partial charge is 0.478 e. The molecule has 2 aliphatic carbocycles. The zero-order chi connectivity index (χ0) is 22.2. The fourth-order valence-electron chi connectivity index (χ4n) is 5.30. The van der Waals surface area contributed by atoms with E-state index in [1.165, 1.54) is 24.0 Å². The molecule has 0 heterocycles. The number of hydrogen-bond acceptors (Lipinski definition) is 2. The van der Waals surface area contributed by atoms with Gasteiger partial charge in [0.05, 0.1) is 11.0 Å². The van der Waals surface area contributed by atoms with Crippen molar-refractivity contribution in [3.8, 4) is 0 Å². The average Bonchev–Trinajstić information content (AvgIpc) is 3.10. The van der Waals surface area contributed by atoms with Crippen LogP contribution in [0.5, 0.6) is 0 Å². The van der Waals surface area contributed by atoms with Crippen LogP contribution in [0.4, 0.5) is 5.69 Å². The second-order valence-electron chi connectivity index (χ2n) is 10.7. The van der Waals surface area contributed by atoms with Crippen molar-refractivity contribution in [3.05, 3.63) is 41.0 Å². The Kier molecular flexibility index (Phi) is 6.18. The third kappa shape index (κ3) is 4.33. The van der Waals surface area contributed by atoms with E-state index in [1.807, 2.05) is 0 Å². The monoisotopic (exact) mass is 411 g/mol. The molecule has 0 atom stereocenters. The third-order valence-corrected chi connectivity index (χ3v) is 7.53. The number of carboxylic acids is 1. The van der Waals surface area contributed by atoms with Crippen molar-refractivity contribution >= 4 is 17.6 Å². The summed E-state index contributed by atoms with van der Waals surface area (Å²) >= 11 is 0. The van der Waals surface area contributed by atoms with Crippen LogP contribution in [-0.4, -0.2) is 17.0 Å². The lowest BCUT2D eigenvalue weighted by atomic mass is 9.64. The molecule has 0 aliphatic heterocycles. The summed E-state index contributed by atoms with van der Waals surface area (Å²) in [7, 11) is 0. The number of amides is 1. The van der Waals surface area contributed by atoms with Crippen LogP contribution >= 0.6 is 0 Å². The van der Waals surface area contributed by atoms with E-state index < -0.39 is 11.4 Å². The van der Waals surface area contributed by atoms with E-state index in [4.69, 9.17) is 5.11 Å². The Labute approximate surface area is 181 Å². The van der Waals surface area contributed by atoms with Gasteiger partial charge in [0.2, 0.25) is 5.91 Å². The molecular formula is C26H37NO3. The van der Waals surface area contributed by atoms with Crippen LogP contribution in [-0.2, 0) is 4.79 Å². The normalized spacial score (nSPS) is 21.2. The topological polar surface area (TPSA) is 66.4 Å². The summed E-state index contributed by atoms with van der Waals surface area (Å²) in [6.07, 6.45) is 8.27. The number of carbonyl (C=O) groups excluding carboxylic acids is 1. The van der Waals surface area contributed by atoms with Crippen LogP contribution in [0.3, 0.4) is 0 Å². The summed E-state index contributed by atoms with van der Waals surface area (Å²) in [4.78, 5) is 24.8. The number of allylic oxidation sites excluding steroid dienone is 2. The second kappa shape index (κ2) is 8.20. The van der Waals surface area contributed by atoms with Crippen molar-refractivity contribution in [2.45, 2.75) is 86.0 Å². The first-order valence-electron chi connectivity index (χ1n) is 11.4. The molecule has 0 bridgehead atoms. The molecule has 0 unspecified atom stereocenters. The van der Waals surface area contributed by atoms with Crippen LogP contribution in [0.2, 0.25) is 0 Å². The lowest BCUT2D eigenvalue weighted by molar-refractivity contribution is -0.125. The van der Waals surface area contributed by atoms with Gasteiger partial charge in [0.1, 0.15) is 0 Å². The average molecular weight is 412 g/mol. The first-order chi connectivity index (χ1) is 14.0. The van der Waals surface area contributed by atoms with Crippen molar-refractivity contribution in [2.75, 3.05) is 5.32 Å². The number of nitrogens with one attached hydrogen (secondary N) is 1. The number of rotatable bonds is 7. The Morgan fingerprint density at radius 3 is 1.93 bits per heavy atom. The van der Waals surface area contributed by atoms with E-state index in [-0.39, 0.29) is 22.3 Å². The summed E-state index contributed by atoms with van der Waals surface area (Å²) in [6.45, 7) is 11.5. The minimum Gasteiger partial charge on any atom is -0.478 e. The molecule has 0 saturated carbocycles. The van der Waals surface area contributed by atoms with E-state index in [0.717, 1.165) is 38.5 Å². The molecule has 4 nitrogen and oxygen atoms in total. The van der Waals surface area contributed by atoms with E-state index in [1.54, 1.807) is 24.3 Å². The summed E-state index contributed by atoms with van der Waals surface area (Å²) in [6, 6.07) is 6.48. The molecule has 0 aromatic heterocycles. The first kappa shape index (κ1) is 22.6. The number of unbranched alkanes of at least 4 members (excludes halogenated alkanes) is 2. The molecule has 2 aliphatic rings. The SMILES string of the molecule is CCCCCC1(C(=O)Nc2ccc(C(=O)O)cc2)CC2=C(C1)C(C)(C)CCC2(C)C. The molecule has 0 saturated heterocycles.